The van der Waals surface area contributed by atoms with Crippen molar-refractivity contribution in [3.8, 4) is 0 Å². The molecule has 0 aromatic carbocycles. The lowest BCUT2D eigenvalue weighted by molar-refractivity contribution is -0.259. The first kappa shape index (κ1) is 32.7. The summed E-state index contributed by atoms with van der Waals surface area (Å²) in [4.78, 5) is 30.0. The standard InChI is InChI=1S/C42H64O6/c1-37(2,3)45-23-41(31-10-25-7-26(12-31)13-32(41)11-25)47-35(43)39-18-29-9-30(19-39)21-40(20-29,22-39)36(44)48-42(24-46-38(4,5)6)33-14-27-8-28(16-33)17-34(42)15-27/h25-34H,7-24H2,1-6H3. The van der Waals surface area contributed by atoms with Gasteiger partial charge in [-0.05, 0) is 180 Å². The molecular weight excluding hydrogens is 600 g/mol. The molecule has 0 spiro atoms. The summed E-state index contributed by atoms with van der Waals surface area (Å²) in [6.45, 7) is 13.7. The lowest BCUT2D eigenvalue weighted by atomic mass is 9.44. The summed E-state index contributed by atoms with van der Waals surface area (Å²) >= 11 is 0. The van der Waals surface area contributed by atoms with Gasteiger partial charge in [-0.1, -0.05) is 0 Å². The molecule has 0 unspecified atom stereocenters. The van der Waals surface area contributed by atoms with Crippen molar-refractivity contribution in [3.63, 3.8) is 0 Å². The fraction of sp³-hybridized carbons (Fsp3) is 0.952. The van der Waals surface area contributed by atoms with Crippen LogP contribution in [0.4, 0.5) is 0 Å². The molecule has 6 nitrogen and oxygen atoms in total. The van der Waals surface area contributed by atoms with E-state index >= 15 is 0 Å². The molecule has 0 aliphatic heterocycles. The van der Waals surface area contributed by atoms with Crippen LogP contribution in [-0.2, 0) is 28.5 Å². The molecule has 268 valence electrons. The van der Waals surface area contributed by atoms with Crippen molar-refractivity contribution in [3.05, 3.63) is 0 Å². The van der Waals surface area contributed by atoms with Crippen LogP contribution in [0.25, 0.3) is 0 Å². The topological polar surface area (TPSA) is 71.1 Å². The molecule has 12 rings (SSSR count). The van der Waals surface area contributed by atoms with Gasteiger partial charge in [0.1, 0.15) is 11.2 Å². The predicted octanol–water partition coefficient (Wildman–Crippen LogP) is 8.68. The Labute approximate surface area is 289 Å². The molecule has 0 aromatic rings. The molecule has 48 heavy (non-hydrogen) atoms. The van der Waals surface area contributed by atoms with E-state index in [0.717, 1.165) is 55.8 Å². The largest absolute Gasteiger partial charge is 0.456 e. The molecule has 0 amide bonds. The van der Waals surface area contributed by atoms with E-state index in [4.69, 9.17) is 18.9 Å². The normalized spacial score (nSPS) is 51.0. The maximum atomic E-state index is 15.0. The Morgan fingerprint density at radius 3 is 1.06 bits per heavy atom. The van der Waals surface area contributed by atoms with Crippen molar-refractivity contribution in [1.82, 2.24) is 0 Å². The van der Waals surface area contributed by atoms with Crippen molar-refractivity contribution >= 4 is 11.9 Å². The predicted molar refractivity (Wildman–Crippen MR) is 183 cm³/mol. The van der Waals surface area contributed by atoms with Gasteiger partial charge in [0.15, 0.2) is 0 Å². The van der Waals surface area contributed by atoms with Gasteiger partial charge in [-0.15, -0.1) is 0 Å². The number of rotatable bonds is 8. The van der Waals surface area contributed by atoms with Crippen LogP contribution in [0.5, 0.6) is 0 Å². The van der Waals surface area contributed by atoms with Gasteiger partial charge in [0.2, 0.25) is 0 Å². The van der Waals surface area contributed by atoms with Crippen molar-refractivity contribution in [2.45, 2.75) is 167 Å². The maximum absolute atomic E-state index is 15.0. The first-order valence-electron chi connectivity index (χ1n) is 20.3. The Morgan fingerprint density at radius 2 is 0.771 bits per heavy atom. The van der Waals surface area contributed by atoms with Crippen LogP contribution in [0.1, 0.15) is 144 Å². The first-order chi connectivity index (χ1) is 22.6. The number of carbonyl (C=O) groups is 2. The van der Waals surface area contributed by atoms with Gasteiger partial charge in [-0.3, -0.25) is 9.59 Å². The van der Waals surface area contributed by atoms with E-state index in [1.807, 2.05) is 0 Å². The van der Waals surface area contributed by atoms with Gasteiger partial charge in [0.25, 0.3) is 0 Å². The van der Waals surface area contributed by atoms with E-state index in [1.54, 1.807) is 0 Å². The summed E-state index contributed by atoms with van der Waals surface area (Å²) in [6, 6.07) is 0. The minimum Gasteiger partial charge on any atom is -0.456 e. The average Bonchev–Trinajstić information content (AvgIpc) is 2.97. The van der Waals surface area contributed by atoms with Crippen LogP contribution in [0.2, 0.25) is 0 Å². The minimum atomic E-state index is -0.578. The zero-order chi connectivity index (χ0) is 33.5. The molecule has 0 N–H and O–H groups in total. The Kier molecular flexibility index (Phi) is 7.30. The van der Waals surface area contributed by atoms with Gasteiger partial charge in [0.05, 0.1) is 35.2 Å². The number of ether oxygens (including phenoxy) is 4. The van der Waals surface area contributed by atoms with E-state index < -0.39 is 22.0 Å². The molecule has 0 saturated heterocycles. The third-order valence-electron chi connectivity index (χ3n) is 16.0. The smallest absolute Gasteiger partial charge is 0.312 e. The molecule has 12 aliphatic rings. The lowest BCUT2D eigenvalue weighted by Crippen LogP contribution is -2.66. The monoisotopic (exact) mass is 664 g/mol. The molecule has 0 heterocycles. The van der Waals surface area contributed by atoms with Gasteiger partial charge >= 0.3 is 11.9 Å². The average molecular weight is 665 g/mol. The summed E-state index contributed by atoms with van der Waals surface area (Å²) in [5.74, 6) is 5.51. The Hall–Kier alpha value is -1.14. The summed E-state index contributed by atoms with van der Waals surface area (Å²) < 4.78 is 27.3. The minimum absolute atomic E-state index is 0.000778. The molecule has 6 heteroatoms. The maximum Gasteiger partial charge on any atom is 0.312 e. The molecule has 12 aliphatic carbocycles. The highest BCUT2D eigenvalue weighted by molar-refractivity contribution is 5.83. The number of hydrogen-bond donors (Lipinski definition) is 0. The Bertz CT molecular complexity index is 1150. The molecule has 0 radical (unpaired) electrons. The fourth-order valence-electron chi connectivity index (χ4n) is 14.8. The second kappa shape index (κ2) is 10.7. The third-order valence-corrected chi connectivity index (χ3v) is 16.0. The number of esters is 2. The Balaban J connectivity index is 0.999. The summed E-state index contributed by atoms with van der Waals surface area (Å²) in [6.07, 6.45) is 17.4. The van der Waals surface area contributed by atoms with Crippen molar-refractivity contribution in [2.75, 3.05) is 13.2 Å². The number of carbonyl (C=O) groups excluding carboxylic acids is 2. The SMILES string of the molecule is CC(C)(C)OCC1(OC(=O)C23CC4CC(C2)CC(C(=O)OC2(COC(C)(C)C)C5CC6CC(C5)CC2C6)(C4)C3)C2CC3CC(C2)CC1C3. The van der Waals surface area contributed by atoms with Crippen molar-refractivity contribution in [1.29, 1.82) is 0 Å². The van der Waals surface area contributed by atoms with Gasteiger partial charge in [-0.2, -0.15) is 0 Å². The summed E-state index contributed by atoms with van der Waals surface area (Å²) in [5, 5.41) is 0. The van der Waals surface area contributed by atoms with Crippen molar-refractivity contribution < 1.29 is 28.5 Å². The number of hydrogen-bond acceptors (Lipinski definition) is 6. The zero-order valence-electron chi connectivity index (χ0n) is 31.0. The summed E-state index contributed by atoms with van der Waals surface area (Å²) in [5.41, 5.74) is -2.77. The molecule has 12 bridgehead atoms. The first-order valence-corrected chi connectivity index (χ1v) is 20.3. The zero-order valence-corrected chi connectivity index (χ0v) is 31.0. The van der Waals surface area contributed by atoms with Gasteiger partial charge < -0.3 is 18.9 Å². The highest BCUT2D eigenvalue weighted by Gasteiger charge is 2.69. The lowest BCUT2D eigenvalue weighted by Gasteiger charge is -2.64. The quantitative estimate of drug-likeness (QED) is 0.242. The van der Waals surface area contributed by atoms with E-state index in [1.165, 1.54) is 64.2 Å². The van der Waals surface area contributed by atoms with Crippen LogP contribution >= 0.6 is 0 Å². The summed E-state index contributed by atoms with van der Waals surface area (Å²) in [7, 11) is 0. The van der Waals surface area contributed by atoms with Crippen LogP contribution in [-0.4, -0.2) is 47.6 Å². The Morgan fingerprint density at radius 1 is 0.479 bits per heavy atom. The molecule has 12 fully saturated rings. The second-order valence-corrected chi connectivity index (χ2v) is 21.6. The molecule has 0 atom stereocenters. The van der Waals surface area contributed by atoms with E-state index in [2.05, 4.69) is 41.5 Å². The fourth-order valence-corrected chi connectivity index (χ4v) is 14.8. The highest BCUT2D eigenvalue weighted by atomic mass is 16.6. The molecule has 12 saturated carbocycles. The third kappa shape index (κ3) is 5.20. The van der Waals surface area contributed by atoms with Crippen LogP contribution < -0.4 is 0 Å². The van der Waals surface area contributed by atoms with Crippen LogP contribution in [0.15, 0.2) is 0 Å². The van der Waals surface area contributed by atoms with Gasteiger partial charge in [0, 0.05) is 23.7 Å². The van der Waals surface area contributed by atoms with Crippen LogP contribution in [0, 0.1) is 70.0 Å². The molecular formula is C42H64O6. The highest BCUT2D eigenvalue weighted by Crippen LogP contribution is 2.68. The van der Waals surface area contributed by atoms with Gasteiger partial charge in [-0.25, -0.2) is 0 Å². The second-order valence-electron chi connectivity index (χ2n) is 21.6. The van der Waals surface area contributed by atoms with E-state index in [9.17, 15) is 9.59 Å². The van der Waals surface area contributed by atoms with Crippen molar-refractivity contribution in [2.24, 2.45) is 70.0 Å². The van der Waals surface area contributed by atoms with E-state index in [-0.39, 0.29) is 23.1 Å². The van der Waals surface area contributed by atoms with E-state index in [0.29, 0.717) is 55.1 Å². The molecule has 0 aromatic heterocycles. The van der Waals surface area contributed by atoms with Crippen LogP contribution in [0.3, 0.4) is 0 Å².